The van der Waals surface area contributed by atoms with Crippen LogP contribution in [0.25, 0.3) is 0 Å². The number of benzene rings is 3. The van der Waals surface area contributed by atoms with Crippen LogP contribution in [0.4, 0.5) is 11.4 Å². The zero-order valence-electron chi connectivity index (χ0n) is 20.8. The Kier molecular flexibility index (Phi) is 7.68. The summed E-state index contributed by atoms with van der Waals surface area (Å²) in [5.74, 6) is -0.332. The fourth-order valence-electron chi connectivity index (χ4n) is 4.23. The minimum Gasteiger partial charge on any atom is -0.484 e. The van der Waals surface area contributed by atoms with Crippen LogP contribution in [0, 0.1) is 26.7 Å². The van der Waals surface area contributed by atoms with Gasteiger partial charge in [0.15, 0.2) is 6.61 Å². The summed E-state index contributed by atoms with van der Waals surface area (Å²) in [7, 11) is 0. The van der Waals surface area contributed by atoms with E-state index in [0.29, 0.717) is 24.5 Å². The van der Waals surface area contributed by atoms with E-state index >= 15 is 0 Å². The van der Waals surface area contributed by atoms with E-state index in [1.807, 2.05) is 63.2 Å². The zero-order chi connectivity index (χ0) is 25.7. The number of anilines is 2. The van der Waals surface area contributed by atoms with Crippen molar-refractivity contribution in [2.24, 2.45) is 5.92 Å². The number of para-hydroxylation sites is 1. The van der Waals surface area contributed by atoms with Crippen molar-refractivity contribution >= 4 is 29.1 Å². The first kappa shape index (κ1) is 25.0. The highest BCUT2D eigenvalue weighted by molar-refractivity contribution is 6.00. The number of amides is 3. The van der Waals surface area contributed by atoms with Crippen molar-refractivity contribution in [3.8, 4) is 5.75 Å². The molecule has 186 valence electrons. The van der Waals surface area contributed by atoms with Crippen molar-refractivity contribution in [3.63, 3.8) is 0 Å². The lowest BCUT2D eigenvalue weighted by atomic mass is 10.1. The molecule has 0 aliphatic carbocycles. The number of hydrogen-bond donors (Lipinski definition) is 2. The summed E-state index contributed by atoms with van der Waals surface area (Å²) in [4.78, 5) is 39.2. The van der Waals surface area contributed by atoms with Gasteiger partial charge in [-0.2, -0.15) is 0 Å². The molecule has 7 nitrogen and oxygen atoms in total. The summed E-state index contributed by atoms with van der Waals surface area (Å²) in [6.45, 7) is 6.55. The summed E-state index contributed by atoms with van der Waals surface area (Å²) >= 11 is 0. The van der Waals surface area contributed by atoms with E-state index in [0.717, 1.165) is 22.4 Å². The van der Waals surface area contributed by atoms with Gasteiger partial charge in [-0.15, -0.1) is 0 Å². The van der Waals surface area contributed by atoms with Crippen LogP contribution in [0.3, 0.4) is 0 Å². The number of carbonyl (C=O) groups is 3. The monoisotopic (exact) mass is 485 g/mol. The predicted molar refractivity (Wildman–Crippen MR) is 140 cm³/mol. The van der Waals surface area contributed by atoms with Gasteiger partial charge in [-0.1, -0.05) is 48.0 Å². The van der Waals surface area contributed by atoms with Crippen LogP contribution in [0.5, 0.6) is 5.75 Å². The first-order valence-corrected chi connectivity index (χ1v) is 12.0. The first-order chi connectivity index (χ1) is 17.3. The third-order valence-electron chi connectivity index (χ3n) is 6.35. The molecule has 3 amide bonds. The smallest absolute Gasteiger partial charge is 0.262 e. The van der Waals surface area contributed by atoms with Gasteiger partial charge in [0.1, 0.15) is 5.75 Å². The maximum atomic E-state index is 12.6. The molecule has 0 bridgehead atoms. The van der Waals surface area contributed by atoms with Crippen molar-refractivity contribution in [2.45, 2.75) is 33.7 Å². The lowest BCUT2D eigenvalue weighted by Crippen LogP contribution is -2.32. The van der Waals surface area contributed by atoms with Crippen LogP contribution in [0.15, 0.2) is 66.7 Å². The molecule has 1 atom stereocenters. The van der Waals surface area contributed by atoms with Gasteiger partial charge in [0, 0.05) is 30.9 Å². The van der Waals surface area contributed by atoms with Gasteiger partial charge in [-0.3, -0.25) is 14.4 Å². The highest BCUT2D eigenvalue weighted by Gasteiger charge is 2.35. The molecule has 0 radical (unpaired) electrons. The van der Waals surface area contributed by atoms with E-state index in [-0.39, 0.29) is 30.7 Å². The summed E-state index contributed by atoms with van der Waals surface area (Å²) in [6.07, 6.45) is 0.177. The van der Waals surface area contributed by atoms with Gasteiger partial charge < -0.3 is 20.3 Å². The average molecular weight is 486 g/mol. The molecular formula is C29H31N3O4. The highest BCUT2D eigenvalue weighted by atomic mass is 16.5. The second kappa shape index (κ2) is 11.1. The number of hydrogen-bond acceptors (Lipinski definition) is 4. The van der Waals surface area contributed by atoms with Crippen molar-refractivity contribution < 1.29 is 19.1 Å². The molecule has 0 saturated carbocycles. The topological polar surface area (TPSA) is 87.7 Å². The SMILES string of the molecule is Cc1ccc(CNC(=O)[C@@H]2CC(=O)N(c3ccc(OCC(=O)Nc4c(C)cccc4C)cc3)C2)cc1. The van der Waals surface area contributed by atoms with Crippen molar-refractivity contribution in [3.05, 3.63) is 89.0 Å². The fraction of sp³-hybridized carbons (Fsp3) is 0.276. The number of aryl methyl sites for hydroxylation is 3. The van der Waals surface area contributed by atoms with E-state index in [4.69, 9.17) is 4.74 Å². The lowest BCUT2D eigenvalue weighted by molar-refractivity contribution is -0.126. The van der Waals surface area contributed by atoms with Crippen LogP contribution < -0.4 is 20.3 Å². The van der Waals surface area contributed by atoms with Crippen molar-refractivity contribution in [2.75, 3.05) is 23.4 Å². The molecule has 1 aliphatic heterocycles. The van der Waals surface area contributed by atoms with Crippen LogP contribution in [0.1, 0.15) is 28.7 Å². The summed E-state index contributed by atoms with van der Waals surface area (Å²) in [5.41, 5.74) is 5.66. The van der Waals surface area contributed by atoms with Crippen LogP contribution in [0.2, 0.25) is 0 Å². The number of ether oxygens (including phenoxy) is 1. The Bertz CT molecular complexity index is 1230. The van der Waals surface area contributed by atoms with E-state index in [9.17, 15) is 14.4 Å². The largest absolute Gasteiger partial charge is 0.484 e. The van der Waals surface area contributed by atoms with Gasteiger partial charge in [-0.05, 0) is 61.7 Å². The van der Waals surface area contributed by atoms with Crippen LogP contribution >= 0.6 is 0 Å². The quantitative estimate of drug-likeness (QED) is 0.498. The molecule has 1 heterocycles. The molecule has 3 aromatic carbocycles. The van der Waals surface area contributed by atoms with Gasteiger partial charge in [0.05, 0.1) is 5.92 Å². The Morgan fingerprint density at radius 1 is 0.944 bits per heavy atom. The Labute approximate surface area is 211 Å². The van der Waals surface area contributed by atoms with Gasteiger partial charge in [0.2, 0.25) is 11.8 Å². The van der Waals surface area contributed by atoms with Gasteiger partial charge >= 0.3 is 0 Å². The molecule has 0 unspecified atom stereocenters. The molecule has 1 aliphatic rings. The second-order valence-corrected chi connectivity index (χ2v) is 9.21. The van der Waals surface area contributed by atoms with E-state index in [1.54, 1.807) is 29.2 Å². The highest BCUT2D eigenvalue weighted by Crippen LogP contribution is 2.27. The van der Waals surface area contributed by atoms with E-state index < -0.39 is 5.92 Å². The molecule has 0 spiro atoms. The molecule has 2 N–H and O–H groups in total. The molecule has 36 heavy (non-hydrogen) atoms. The number of rotatable bonds is 8. The maximum absolute atomic E-state index is 12.6. The fourth-order valence-corrected chi connectivity index (χ4v) is 4.23. The number of carbonyl (C=O) groups excluding carboxylic acids is 3. The number of nitrogens with zero attached hydrogens (tertiary/aromatic N) is 1. The third-order valence-corrected chi connectivity index (χ3v) is 6.35. The Morgan fingerprint density at radius 2 is 1.61 bits per heavy atom. The minimum absolute atomic E-state index is 0.0906. The molecule has 0 aromatic heterocycles. The zero-order valence-corrected chi connectivity index (χ0v) is 20.8. The Hall–Kier alpha value is -4.13. The molecule has 4 rings (SSSR count). The summed E-state index contributed by atoms with van der Waals surface area (Å²) in [5, 5.41) is 5.83. The Morgan fingerprint density at radius 3 is 2.28 bits per heavy atom. The normalized spacial score (nSPS) is 15.0. The standard InChI is InChI=1S/C29H31N3O4/c1-19-7-9-22(10-8-19)16-30-29(35)23-15-27(34)32(17-23)24-11-13-25(14-12-24)36-18-26(33)31-28-20(2)5-4-6-21(28)3/h4-14,23H,15-18H2,1-3H3,(H,30,35)(H,31,33)/t23-/m1/s1. The molecular weight excluding hydrogens is 454 g/mol. The second-order valence-electron chi connectivity index (χ2n) is 9.21. The maximum Gasteiger partial charge on any atom is 0.262 e. The molecule has 3 aromatic rings. The number of nitrogens with one attached hydrogen (secondary N) is 2. The summed E-state index contributed by atoms with van der Waals surface area (Å²) < 4.78 is 5.63. The molecule has 1 fully saturated rings. The minimum atomic E-state index is -0.396. The van der Waals surface area contributed by atoms with Crippen LogP contribution in [-0.2, 0) is 20.9 Å². The van der Waals surface area contributed by atoms with Crippen LogP contribution in [-0.4, -0.2) is 30.9 Å². The molecule has 1 saturated heterocycles. The predicted octanol–water partition coefficient (Wildman–Crippen LogP) is 4.30. The lowest BCUT2D eigenvalue weighted by Gasteiger charge is -2.17. The Balaban J connectivity index is 1.28. The summed E-state index contributed by atoms with van der Waals surface area (Å²) in [6, 6.07) is 20.8. The van der Waals surface area contributed by atoms with Crippen molar-refractivity contribution in [1.29, 1.82) is 0 Å². The first-order valence-electron chi connectivity index (χ1n) is 12.0. The average Bonchev–Trinajstić information content (AvgIpc) is 3.26. The van der Waals surface area contributed by atoms with Gasteiger partial charge in [-0.25, -0.2) is 0 Å². The van der Waals surface area contributed by atoms with E-state index in [2.05, 4.69) is 10.6 Å². The van der Waals surface area contributed by atoms with Crippen molar-refractivity contribution in [1.82, 2.24) is 5.32 Å². The van der Waals surface area contributed by atoms with Gasteiger partial charge in [0.25, 0.3) is 5.91 Å². The molecule has 7 heteroatoms. The third kappa shape index (κ3) is 6.10. The van der Waals surface area contributed by atoms with E-state index in [1.165, 1.54) is 5.56 Å².